The molecule has 0 aliphatic carbocycles. The lowest BCUT2D eigenvalue weighted by Crippen LogP contribution is -2.43. The van der Waals surface area contributed by atoms with Gasteiger partial charge in [-0.05, 0) is 42.0 Å². The highest BCUT2D eigenvalue weighted by Crippen LogP contribution is 2.21. The molecule has 0 bridgehead atoms. The zero-order valence-electron chi connectivity index (χ0n) is 11.7. The molecule has 1 atom stereocenters. The number of oxime groups is 1. The van der Waals surface area contributed by atoms with Crippen molar-refractivity contribution < 1.29 is 10.0 Å². The lowest BCUT2D eigenvalue weighted by Gasteiger charge is -2.23. The molecule has 0 aliphatic rings. The van der Waals surface area contributed by atoms with Crippen molar-refractivity contribution in [1.29, 1.82) is 0 Å². The second-order valence-electron chi connectivity index (χ2n) is 4.82. The summed E-state index contributed by atoms with van der Waals surface area (Å²) in [4.78, 5) is 13.9. The predicted molar refractivity (Wildman–Crippen MR) is 86.6 cm³/mol. The van der Waals surface area contributed by atoms with Gasteiger partial charge in [0.15, 0.2) is 5.84 Å². The molecule has 0 aliphatic heterocycles. The first-order valence-electron chi connectivity index (χ1n) is 6.38. The molecule has 0 heterocycles. The van der Waals surface area contributed by atoms with Crippen molar-refractivity contribution in [3.63, 3.8) is 0 Å². The van der Waals surface area contributed by atoms with E-state index in [4.69, 9.17) is 10.9 Å². The summed E-state index contributed by atoms with van der Waals surface area (Å²) in [7, 11) is 1.62. The molecule has 21 heavy (non-hydrogen) atoms. The minimum atomic E-state index is -0.483. The summed E-state index contributed by atoms with van der Waals surface area (Å²) < 4.78 is 0.992. The van der Waals surface area contributed by atoms with Crippen LogP contribution in [0.1, 0.15) is 17.3 Å². The van der Waals surface area contributed by atoms with Crippen LogP contribution in [0.15, 0.2) is 46.0 Å². The Hall–Kier alpha value is -2.08. The van der Waals surface area contributed by atoms with Gasteiger partial charge in [0.1, 0.15) is 0 Å². The molecule has 0 saturated carbocycles. The zero-order valence-corrected chi connectivity index (χ0v) is 13.3. The van der Waals surface area contributed by atoms with Gasteiger partial charge in [0.05, 0.1) is 6.04 Å². The number of halogens is 1. The number of benzene rings is 2. The summed E-state index contributed by atoms with van der Waals surface area (Å²) >= 11 is 3.42. The molecular weight excluding hydrogens is 334 g/mol. The standard InChI is InChI=1S/C15H16BrN3O2/c1-9(14(17)18-21)19(2)15(20)12-4-3-11-8-13(16)6-5-10(11)7-12/h3-9,21H,1-2H3,(H2,17,18). The molecule has 0 saturated heterocycles. The molecule has 110 valence electrons. The van der Waals surface area contributed by atoms with Crippen molar-refractivity contribution in [2.45, 2.75) is 13.0 Å². The molecule has 0 spiro atoms. The Balaban J connectivity index is 2.33. The Kier molecular flexibility index (Phi) is 4.47. The normalized spacial score (nSPS) is 13.2. The van der Waals surface area contributed by atoms with Crippen LogP contribution in [0.2, 0.25) is 0 Å². The van der Waals surface area contributed by atoms with Crippen LogP contribution in [0.3, 0.4) is 0 Å². The minimum Gasteiger partial charge on any atom is -0.409 e. The Morgan fingerprint density at radius 2 is 1.90 bits per heavy atom. The SMILES string of the molecule is CC(/C(N)=N/O)N(C)C(=O)c1ccc2cc(Br)ccc2c1. The number of amidine groups is 1. The summed E-state index contributed by atoms with van der Waals surface area (Å²) in [6, 6.07) is 10.9. The second kappa shape index (κ2) is 6.13. The van der Waals surface area contributed by atoms with Gasteiger partial charge in [-0.1, -0.05) is 33.2 Å². The average Bonchev–Trinajstić information content (AvgIpc) is 2.51. The monoisotopic (exact) mass is 349 g/mol. The van der Waals surface area contributed by atoms with Gasteiger partial charge in [-0.3, -0.25) is 4.79 Å². The maximum Gasteiger partial charge on any atom is 0.254 e. The first kappa shape index (κ1) is 15.3. The van der Waals surface area contributed by atoms with Crippen molar-refractivity contribution in [3.05, 3.63) is 46.4 Å². The fourth-order valence-corrected chi connectivity index (χ4v) is 2.39. The molecule has 0 aromatic heterocycles. The van der Waals surface area contributed by atoms with Crippen LogP contribution >= 0.6 is 15.9 Å². The molecule has 2 aromatic rings. The van der Waals surface area contributed by atoms with Gasteiger partial charge in [-0.25, -0.2) is 0 Å². The zero-order chi connectivity index (χ0) is 15.6. The van der Waals surface area contributed by atoms with E-state index in [1.807, 2.05) is 30.3 Å². The second-order valence-corrected chi connectivity index (χ2v) is 5.74. The number of rotatable bonds is 3. The number of fused-ring (bicyclic) bond motifs is 1. The number of nitrogens with zero attached hydrogens (tertiary/aromatic N) is 2. The summed E-state index contributed by atoms with van der Waals surface area (Å²) in [5, 5.41) is 13.7. The van der Waals surface area contributed by atoms with E-state index in [1.165, 1.54) is 4.90 Å². The van der Waals surface area contributed by atoms with Crippen LogP contribution in [0.4, 0.5) is 0 Å². The smallest absolute Gasteiger partial charge is 0.254 e. The third-order valence-electron chi connectivity index (χ3n) is 3.49. The van der Waals surface area contributed by atoms with E-state index in [0.29, 0.717) is 5.56 Å². The topological polar surface area (TPSA) is 78.9 Å². The highest BCUT2D eigenvalue weighted by molar-refractivity contribution is 9.10. The molecule has 0 radical (unpaired) electrons. The van der Waals surface area contributed by atoms with Gasteiger partial charge in [-0.2, -0.15) is 0 Å². The maximum atomic E-state index is 12.4. The number of amides is 1. The van der Waals surface area contributed by atoms with E-state index in [2.05, 4.69) is 21.1 Å². The molecule has 1 amide bonds. The lowest BCUT2D eigenvalue weighted by molar-refractivity contribution is 0.0776. The summed E-state index contributed by atoms with van der Waals surface area (Å²) in [6.07, 6.45) is 0. The first-order chi connectivity index (χ1) is 9.93. The Morgan fingerprint density at radius 3 is 2.57 bits per heavy atom. The van der Waals surface area contributed by atoms with E-state index < -0.39 is 6.04 Å². The van der Waals surface area contributed by atoms with E-state index >= 15 is 0 Å². The molecular formula is C15H16BrN3O2. The highest BCUT2D eigenvalue weighted by Gasteiger charge is 2.20. The molecule has 5 nitrogen and oxygen atoms in total. The number of carbonyl (C=O) groups is 1. The van der Waals surface area contributed by atoms with Crippen molar-refractivity contribution in [1.82, 2.24) is 4.90 Å². The Bertz CT molecular complexity index is 715. The largest absolute Gasteiger partial charge is 0.409 e. The maximum absolute atomic E-state index is 12.4. The van der Waals surface area contributed by atoms with Crippen molar-refractivity contribution in [3.8, 4) is 0 Å². The Morgan fingerprint density at radius 1 is 1.29 bits per heavy atom. The van der Waals surface area contributed by atoms with Gasteiger partial charge in [0.2, 0.25) is 0 Å². The number of hydrogen-bond acceptors (Lipinski definition) is 3. The van der Waals surface area contributed by atoms with Crippen molar-refractivity contribution in [2.24, 2.45) is 10.9 Å². The number of hydrogen-bond donors (Lipinski definition) is 2. The first-order valence-corrected chi connectivity index (χ1v) is 7.17. The summed E-state index contributed by atoms with van der Waals surface area (Å²) in [6.45, 7) is 1.70. The molecule has 2 aromatic carbocycles. The van der Waals surface area contributed by atoms with Gasteiger partial charge < -0.3 is 15.8 Å². The van der Waals surface area contributed by atoms with Crippen LogP contribution in [0, 0.1) is 0 Å². The van der Waals surface area contributed by atoms with Gasteiger partial charge in [0.25, 0.3) is 5.91 Å². The third-order valence-corrected chi connectivity index (χ3v) is 3.99. The van der Waals surface area contributed by atoms with Crippen LogP contribution in [-0.4, -0.2) is 34.9 Å². The highest BCUT2D eigenvalue weighted by atomic mass is 79.9. The Labute approximate surface area is 131 Å². The third kappa shape index (κ3) is 3.16. The van der Waals surface area contributed by atoms with Crippen LogP contribution < -0.4 is 5.73 Å². The average molecular weight is 350 g/mol. The van der Waals surface area contributed by atoms with Gasteiger partial charge in [-0.15, -0.1) is 0 Å². The molecule has 1 unspecified atom stereocenters. The van der Waals surface area contributed by atoms with E-state index in [0.717, 1.165) is 15.2 Å². The van der Waals surface area contributed by atoms with Crippen LogP contribution in [0.5, 0.6) is 0 Å². The lowest BCUT2D eigenvalue weighted by atomic mass is 10.1. The number of nitrogens with two attached hydrogens (primary N) is 1. The fourth-order valence-electron chi connectivity index (χ4n) is 2.01. The number of likely N-dealkylation sites (N-methyl/N-ethyl adjacent to an activating group) is 1. The summed E-state index contributed by atoms with van der Waals surface area (Å²) in [5.74, 6) is -0.186. The quantitative estimate of drug-likeness (QED) is 0.387. The molecule has 0 fully saturated rings. The van der Waals surface area contributed by atoms with Crippen molar-refractivity contribution >= 4 is 38.4 Å². The minimum absolute atomic E-state index is 0.00410. The van der Waals surface area contributed by atoms with Crippen LogP contribution in [-0.2, 0) is 0 Å². The van der Waals surface area contributed by atoms with Gasteiger partial charge in [0, 0.05) is 17.1 Å². The fraction of sp³-hybridized carbons (Fsp3) is 0.200. The van der Waals surface area contributed by atoms with E-state index in [1.54, 1.807) is 20.0 Å². The van der Waals surface area contributed by atoms with Gasteiger partial charge >= 0.3 is 0 Å². The predicted octanol–water partition coefficient (Wildman–Crippen LogP) is 2.81. The van der Waals surface area contributed by atoms with E-state index in [-0.39, 0.29) is 11.7 Å². The summed E-state index contributed by atoms with van der Waals surface area (Å²) in [5.41, 5.74) is 6.10. The molecule has 2 rings (SSSR count). The van der Waals surface area contributed by atoms with Crippen molar-refractivity contribution in [2.75, 3.05) is 7.05 Å². The van der Waals surface area contributed by atoms with E-state index in [9.17, 15) is 4.79 Å². The molecule has 3 N–H and O–H groups in total. The number of carbonyl (C=O) groups excluding carboxylic acids is 1. The molecule has 6 heteroatoms. The van der Waals surface area contributed by atoms with Crippen LogP contribution in [0.25, 0.3) is 10.8 Å².